The molecule has 4 fully saturated rings. The van der Waals surface area contributed by atoms with Gasteiger partial charge >= 0.3 is 0 Å². The molecule has 0 aromatic heterocycles. The fourth-order valence-electron chi connectivity index (χ4n) is 7.62. The number of fused-ring (bicyclic) bond motifs is 1. The first-order chi connectivity index (χ1) is 12.0. The molecule has 0 spiro atoms. The number of sulfonamides is 1. The van der Waals surface area contributed by atoms with E-state index in [1.165, 1.54) is 6.26 Å². The largest absolute Gasteiger partial charge is 0.300 e. The predicted octanol–water partition coefficient (Wildman–Crippen LogP) is 2.79. The Labute approximate surface area is 156 Å². The summed E-state index contributed by atoms with van der Waals surface area (Å²) >= 11 is 0. The Balaban J connectivity index is 1.85. The Morgan fingerprint density at radius 1 is 1.12 bits per heavy atom. The van der Waals surface area contributed by atoms with Crippen molar-refractivity contribution in [3.8, 4) is 0 Å². The summed E-state index contributed by atoms with van der Waals surface area (Å²) in [5, 5.41) is 0. The highest BCUT2D eigenvalue weighted by Crippen LogP contribution is 2.69. The van der Waals surface area contributed by atoms with Gasteiger partial charge in [-0.25, -0.2) is 12.7 Å². The lowest BCUT2D eigenvalue weighted by molar-refractivity contribution is -0.196. The van der Waals surface area contributed by atoms with Crippen molar-refractivity contribution in [1.82, 2.24) is 4.31 Å². The van der Waals surface area contributed by atoms with E-state index in [-0.39, 0.29) is 28.3 Å². The molecule has 3 aliphatic carbocycles. The minimum absolute atomic E-state index is 0.00994. The van der Waals surface area contributed by atoms with E-state index in [2.05, 4.69) is 6.92 Å². The molecule has 3 saturated carbocycles. The Morgan fingerprint density at radius 2 is 1.85 bits per heavy atom. The first-order valence-electron chi connectivity index (χ1n) is 10.0. The maximum absolute atomic E-state index is 12.8. The lowest BCUT2D eigenvalue weighted by Gasteiger charge is -2.68. The van der Waals surface area contributed by atoms with Gasteiger partial charge in [0.05, 0.1) is 6.26 Å². The van der Waals surface area contributed by atoms with Crippen LogP contribution in [-0.4, -0.2) is 43.6 Å². The number of carbonyl (C=O) groups is 2. The molecule has 5 atom stereocenters. The van der Waals surface area contributed by atoms with Crippen LogP contribution >= 0.6 is 0 Å². The molecule has 146 valence electrons. The summed E-state index contributed by atoms with van der Waals surface area (Å²) in [6, 6.07) is 0. The van der Waals surface area contributed by atoms with Crippen LogP contribution in [-0.2, 0) is 19.6 Å². The van der Waals surface area contributed by atoms with Crippen LogP contribution in [0.25, 0.3) is 0 Å². The Hall–Kier alpha value is -0.750. The van der Waals surface area contributed by atoms with Gasteiger partial charge in [-0.1, -0.05) is 13.3 Å². The van der Waals surface area contributed by atoms with Gasteiger partial charge in [0, 0.05) is 31.3 Å². The molecule has 3 unspecified atom stereocenters. The molecule has 6 heteroatoms. The number of piperidine rings is 1. The van der Waals surface area contributed by atoms with Crippen molar-refractivity contribution in [3.05, 3.63) is 0 Å². The second-order valence-electron chi connectivity index (χ2n) is 9.88. The van der Waals surface area contributed by atoms with Crippen molar-refractivity contribution in [2.24, 2.45) is 28.1 Å². The fraction of sp³-hybridized carbons (Fsp3) is 0.900. The fourth-order valence-corrected chi connectivity index (χ4v) is 8.62. The smallest absolute Gasteiger partial charge is 0.211 e. The Morgan fingerprint density at radius 3 is 2.50 bits per heavy atom. The van der Waals surface area contributed by atoms with E-state index in [9.17, 15) is 18.0 Å². The molecule has 0 N–H and O–H groups in total. The van der Waals surface area contributed by atoms with Gasteiger partial charge in [-0.3, -0.25) is 9.59 Å². The first kappa shape index (κ1) is 18.6. The van der Waals surface area contributed by atoms with Gasteiger partial charge in [0.15, 0.2) is 0 Å². The van der Waals surface area contributed by atoms with Gasteiger partial charge in [-0.15, -0.1) is 0 Å². The predicted molar refractivity (Wildman–Crippen MR) is 99.0 cm³/mol. The zero-order chi connectivity index (χ0) is 19.0. The normalized spacial score (nSPS) is 46.3. The van der Waals surface area contributed by atoms with Crippen LogP contribution in [0.5, 0.6) is 0 Å². The third-order valence-corrected chi connectivity index (χ3v) is 9.76. The first-order valence-corrected chi connectivity index (χ1v) is 11.9. The number of rotatable bonds is 2. The van der Waals surface area contributed by atoms with E-state index >= 15 is 0 Å². The summed E-state index contributed by atoms with van der Waals surface area (Å²) in [6.07, 6.45) is 7.90. The second kappa shape index (κ2) is 5.63. The monoisotopic (exact) mass is 381 g/mol. The van der Waals surface area contributed by atoms with E-state index in [4.69, 9.17) is 0 Å². The summed E-state index contributed by atoms with van der Waals surface area (Å²) in [4.78, 5) is 25.1. The lowest BCUT2D eigenvalue weighted by atomic mass is 9.38. The van der Waals surface area contributed by atoms with Crippen LogP contribution < -0.4 is 0 Å². The third kappa shape index (κ3) is 2.40. The van der Waals surface area contributed by atoms with Gasteiger partial charge in [-0.2, -0.15) is 0 Å². The standard InChI is InChI=1S/C20H31NO4S/c1-14(22)19-10-7-16-18(2)8-4-9-20(16,13-21(12-18)26(3,24)25)17(19)6-5-15(23)11-19/h16-17H,4-13H2,1-3H3/t16-,17?,18?,19-,20?/m1/s1. The average molecular weight is 382 g/mol. The number of carbonyl (C=O) groups excluding carboxylic acids is 2. The minimum Gasteiger partial charge on any atom is -0.300 e. The summed E-state index contributed by atoms with van der Waals surface area (Å²) in [6.45, 7) is 5.07. The maximum atomic E-state index is 12.8. The van der Waals surface area contributed by atoms with Crippen molar-refractivity contribution < 1.29 is 18.0 Å². The highest BCUT2D eigenvalue weighted by atomic mass is 32.2. The Kier molecular flexibility index (Phi) is 4.03. The highest BCUT2D eigenvalue weighted by molar-refractivity contribution is 7.88. The van der Waals surface area contributed by atoms with Crippen LogP contribution in [0.4, 0.5) is 0 Å². The zero-order valence-corrected chi connectivity index (χ0v) is 17.0. The molecular weight excluding hydrogens is 350 g/mol. The molecule has 4 rings (SSSR count). The van der Waals surface area contributed by atoms with Gasteiger partial charge in [0.2, 0.25) is 10.0 Å². The number of hydrogen-bond donors (Lipinski definition) is 0. The van der Waals surface area contributed by atoms with Crippen molar-refractivity contribution in [3.63, 3.8) is 0 Å². The van der Waals surface area contributed by atoms with Crippen molar-refractivity contribution >= 4 is 21.6 Å². The number of hydrogen-bond acceptors (Lipinski definition) is 4. The van der Waals surface area contributed by atoms with E-state index in [0.29, 0.717) is 31.8 Å². The maximum Gasteiger partial charge on any atom is 0.211 e. The third-order valence-electron chi connectivity index (χ3n) is 8.57. The summed E-state index contributed by atoms with van der Waals surface area (Å²) in [7, 11) is -3.27. The SMILES string of the molecule is CC(=O)[C@]12CC[C@@H]3C4(C)CCCC3(CN(S(C)(=O)=O)C4)C1CCC(=O)C2. The molecule has 1 aliphatic heterocycles. The van der Waals surface area contributed by atoms with Gasteiger partial charge in [0.25, 0.3) is 0 Å². The van der Waals surface area contributed by atoms with E-state index in [1.807, 2.05) is 0 Å². The van der Waals surface area contributed by atoms with E-state index < -0.39 is 15.4 Å². The molecule has 2 bridgehead atoms. The zero-order valence-electron chi connectivity index (χ0n) is 16.2. The van der Waals surface area contributed by atoms with Crippen molar-refractivity contribution in [1.29, 1.82) is 0 Å². The summed E-state index contributed by atoms with van der Waals surface area (Å²) in [5.41, 5.74) is -0.701. The molecule has 0 aromatic rings. The van der Waals surface area contributed by atoms with Crippen molar-refractivity contribution in [2.45, 2.75) is 65.2 Å². The van der Waals surface area contributed by atoms with Gasteiger partial charge < -0.3 is 0 Å². The van der Waals surface area contributed by atoms with E-state index in [1.54, 1.807) is 11.2 Å². The molecule has 5 nitrogen and oxygen atoms in total. The molecule has 0 amide bonds. The molecule has 1 saturated heterocycles. The quantitative estimate of drug-likeness (QED) is 0.737. The molecule has 0 aromatic carbocycles. The second-order valence-corrected chi connectivity index (χ2v) is 11.9. The molecule has 0 radical (unpaired) electrons. The van der Waals surface area contributed by atoms with Gasteiger partial charge in [-0.05, 0) is 61.7 Å². The molecule has 4 aliphatic rings. The molecule has 1 heterocycles. The molecule has 26 heavy (non-hydrogen) atoms. The van der Waals surface area contributed by atoms with Crippen molar-refractivity contribution in [2.75, 3.05) is 19.3 Å². The minimum atomic E-state index is -3.27. The number of ketones is 2. The lowest BCUT2D eigenvalue weighted by Crippen LogP contribution is -2.69. The topological polar surface area (TPSA) is 71.5 Å². The Bertz CT molecular complexity index is 762. The summed E-state index contributed by atoms with van der Waals surface area (Å²) in [5.74, 6) is 0.966. The van der Waals surface area contributed by atoms with Crippen LogP contribution in [0.2, 0.25) is 0 Å². The van der Waals surface area contributed by atoms with Crippen LogP contribution in [0.1, 0.15) is 65.2 Å². The number of nitrogens with zero attached hydrogens (tertiary/aromatic N) is 1. The van der Waals surface area contributed by atoms with Crippen LogP contribution in [0.3, 0.4) is 0 Å². The van der Waals surface area contributed by atoms with Crippen LogP contribution in [0.15, 0.2) is 0 Å². The number of Topliss-reactive ketones (excluding diaryl/α,β-unsaturated/α-hetero) is 2. The average Bonchev–Trinajstić information content (AvgIpc) is 2.51. The summed E-state index contributed by atoms with van der Waals surface area (Å²) < 4.78 is 26.6. The highest BCUT2D eigenvalue weighted by Gasteiger charge is 2.67. The van der Waals surface area contributed by atoms with Gasteiger partial charge in [0.1, 0.15) is 11.6 Å². The van der Waals surface area contributed by atoms with E-state index in [0.717, 1.165) is 38.5 Å². The molecular formula is C20H31NO4S. The van der Waals surface area contributed by atoms with Crippen LogP contribution in [0, 0.1) is 28.1 Å².